The van der Waals surface area contributed by atoms with Gasteiger partial charge in [-0.2, -0.15) is 0 Å². The van der Waals surface area contributed by atoms with Crippen LogP contribution in [0.15, 0.2) is 24.3 Å². The molecule has 0 fully saturated rings. The molecule has 1 aromatic carbocycles. The topological polar surface area (TPSA) is 63.4 Å². The number of phenolic OH excluding ortho intramolecular Hbond substituents is 1. The quantitative estimate of drug-likeness (QED) is 0.296. The Morgan fingerprint density at radius 2 is 2.00 bits per heavy atom. The minimum absolute atomic E-state index is 0. The molecule has 0 atom stereocenters. The Morgan fingerprint density at radius 1 is 1.45 bits per heavy atom. The summed E-state index contributed by atoms with van der Waals surface area (Å²) in [5.74, 6) is -0.299. The molecule has 0 bridgehead atoms. The third kappa shape index (κ3) is 2.26. The van der Waals surface area contributed by atoms with Gasteiger partial charge in [0.25, 0.3) is 0 Å². The van der Waals surface area contributed by atoms with Crippen LogP contribution >= 0.6 is 0 Å². The van der Waals surface area contributed by atoms with Gasteiger partial charge in [0.05, 0.1) is 4.92 Å². The Bertz CT molecular complexity index is 269. The number of benzene rings is 1. The number of aromatic hydroxyl groups is 1. The second-order valence-corrected chi connectivity index (χ2v) is 1.75. The maximum atomic E-state index is 10.1. The largest absolute Gasteiger partial charge is 1.00 e. The molecule has 0 saturated carbocycles. The van der Waals surface area contributed by atoms with Gasteiger partial charge in [-0.25, -0.2) is 0 Å². The summed E-state index contributed by atoms with van der Waals surface area (Å²) in [6.07, 6.45) is 0. The molecule has 5 heteroatoms. The van der Waals surface area contributed by atoms with Crippen LogP contribution in [0.5, 0.6) is 5.75 Å². The van der Waals surface area contributed by atoms with E-state index in [4.69, 9.17) is 5.11 Å². The molecular weight excluding hydrogens is 141 g/mol. The standard InChI is InChI=1S/C6H5NO3.Li.H/c8-6-4-2-1-3-5(6)7(9)10;;/h1-4,8H;;/q;+1;-1. The molecule has 0 aliphatic heterocycles. The summed E-state index contributed by atoms with van der Waals surface area (Å²) in [5, 5.41) is 18.9. The molecule has 0 aliphatic rings. The second-order valence-electron chi connectivity index (χ2n) is 1.75. The SMILES string of the molecule is O=[N+]([O-])c1ccccc1O.[H-].[Li+]. The number of hydrogen-bond acceptors (Lipinski definition) is 3. The van der Waals surface area contributed by atoms with E-state index in [0.29, 0.717) is 0 Å². The number of hydrogen-bond donors (Lipinski definition) is 1. The molecule has 1 aromatic rings. The van der Waals surface area contributed by atoms with Crippen LogP contribution in [0.3, 0.4) is 0 Å². The average Bonchev–Trinajstić information content (AvgIpc) is 1.88. The molecule has 1 rings (SSSR count). The van der Waals surface area contributed by atoms with Gasteiger partial charge >= 0.3 is 24.5 Å². The van der Waals surface area contributed by atoms with E-state index >= 15 is 0 Å². The number of nitro benzene ring substituents is 1. The summed E-state index contributed by atoms with van der Waals surface area (Å²) in [4.78, 5) is 9.44. The zero-order chi connectivity index (χ0) is 7.56. The van der Waals surface area contributed by atoms with Gasteiger partial charge in [-0.05, 0) is 6.07 Å². The van der Waals surface area contributed by atoms with E-state index < -0.39 is 4.92 Å². The molecule has 0 radical (unpaired) electrons. The first-order valence-electron chi connectivity index (χ1n) is 2.64. The minimum Gasteiger partial charge on any atom is -1.00 e. The van der Waals surface area contributed by atoms with Crippen LogP contribution < -0.4 is 18.9 Å². The van der Waals surface area contributed by atoms with Gasteiger partial charge in [-0.1, -0.05) is 12.1 Å². The molecular formula is C6H6LiNO3. The number of phenols is 1. The van der Waals surface area contributed by atoms with E-state index in [0.717, 1.165) is 0 Å². The van der Waals surface area contributed by atoms with Gasteiger partial charge in [-0.3, -0.25) is 10.1 Å². The third-order valence-corrected chi connectivity index (χ3v) is 1.08. The van der Waals surface area contributed by atoms with Gasteiger partial charge in [0.15, 0.2) is 5.75 Å². The van der Waals surface area contributed by atoms with Crippen molar-refractivity contribution in [1.29, 1.82) is 0 Å². The fraction of sp³-hybridized carbons (Fsp3) is 0. The number of nitro groups is 1. The van der Waals surface area contributed by atoms with Crippen molar-refractivity contribution in [3.63, 3.8) is 0 Å². The third-order valence-electron chi connectivity index (χ3n) is 1.08. The van der Waals surface area contributed by atoms with Crippen molar-refractivity contribution in [3.8, 4) is 5.75 Å². The second kappa shape index (κ2) is 4.01. The molecule has 0 saturated heterocycles. The van der Waals surface area contributed by atoms with Gasteiger partial charge in [0.1, 0.15) is 0 Å². The fourth-order valence-corrected chi connectivity index (χ4v) is 0.619. The summed E-state index contributed by atoms with van der Waals surface area (Å²) in [5.41, 5.74) is -0.262. The zero-order valence-corrected chi connectivity index (χ0v) is 6.02. The van der Waals surface area contributed by atoms with Crippen molar-refractivity contribution >= 4 is 5.69 Å². The normalized spacial score (nSPS) is 8.36. The Morgan fingerprint density at radius 3 is 2.36 bits per heavy atom. The van der Waals surface area contributed by atoms with Gasteiger partial charge in [0.2, 0.25) is 0 Å². The van der Waals surface area contributed by atoms with Crippen molar-refractivity contribution in [2.75, 3.05) is 0 Å². The van der Waals surface area contributed by atoms with Crippen LogP contribution in [0.4, 0.5) is 5.69 Å². The summed E-state index contributed by atoms with van der Waals surface area (Å²) in [6, 6.07) is 5.55. The number of nitrogens with zero attached hydrogens (tertiary/aromatic N) is 1. The molecule has 0 unspecified atom stereocenters. The molecule has 0 heterocycles. The molecule has 0 spiro atoms. The first-order chi connectivity index (χ1) is 4.72. The van der Waals surface area contributed by atoms with Crippen LogP contribution in [-0.4, -0.2) is 10.0 Å². The molecule has 1 N–H and O–H groups in total. The fourth-order valence-electron chi connectivity index (χ4n) is 0.619. The van der Waals surface area contributed by atoms with Crippen LogP contribution in [-0.2, 0) is 0 Å². The minimum atomic E-state index is -0.630. The van der Waals surface area contributed by atoms with E-state index in [1.165, 1.54) is 24.3 Å². The van der Waals surface area contributed by atoms with Gasteiger partial charge in [-0.15, -0.1) is 0 Å². The monoisotopic (exact) mass is 147 g/mol. The van der Waals surface area contributed by atoms with E-state index in [1.54, 1.807) is 0 Å². The molecule has 54 valence electrons. The van der Waals surface area contributed by atoms with E-state index in [2.05, 4.69) is 0 Å². The van der Waals surface area contributed by atoms with Crippen LogP contribution in [0, 0.1) is 10.1 Å². The van der Waals surface area contributed by atoms with Crippen LogP contribution in [0.25, 0.3) is 0 Å². The van der Waals surface area contributed by atoms with E-state index in [1.807, 2.05) is 0 Å². The maximum Gasteiger partial charge on any atom is 1.00 e. The smallest absolute Gasteiger partial charge is 1.00 e. The summed E-state index contributed by atoms with van der Waals surface area (Å²) in [6.45, 7) is 0. The van der Waals surface area contributed by atoms with Crippen molar-refractivity contribution in [2.45, 2.75) is 0 Å². The summed E-state index contributed by atoms with van der Waals surface area (Å²) < 4.78 is 0. The maximum absolute atomic E-state index is 10.1. The van der Waals surface area contributed by atoms with Crippen molar-refractivity contribution < 1.29 is 30.3 Å². The Labute approximate surface area is 76.7 Å². The first-order valence-corrected chi connectivity index (χ1v) is 2.64. The molecule has 0 aliphatic carbocycles. The van der Waals surface area contributed by atoms with Gasteiger partial charge < -0.3 is 6.53 Å². The Kier molecular flexibility index (Phi) is 3.66. The van der Waals surface area contributed by atoms with Crippen molar-refractivity contribution in [2.24, 2.45) is 0 Å². The van der Waals surface area contributed by atoms with E-state index in [-0.39, 0.29) is 31.7 Å². The summed E-state index contributed by atoms with van der Waals surface area (Å²) in [7, 11) is 0. The zero-order valence-electron chi connectivity index (χ0n) is 7.02. The predicted octanol–water partition coefficient (Wildman–Crippen LogP) is -1.58. The molecule has 0 aromatic heterocycles. The van der Waals surface area contributed by atoms with E-state index in [9.17, 15) is 10.1 Å². The Hall–Kier alpha value is -0.983. The van der Waals surface area contributed by atoms with Crippen molar-refractivity contribution in [1.82, 2.24) is 0 Å². The average molecular weight is 147 g/mol. The van der Waals surface area contributed by atoms with Crippen LogP contribution in [0.1, 0.15) is 1.43 Å². The molecule has 4 nitrogen and oxygen atoms in total. The number of para-hydroxylation sites is 2. The van der Waals surface area contributed by atoms with Crippen molar-refractivity contribution in [3.05, 3.63) is 34.4 Å². The Balaban J connectivity index is 0. The first kappa shape index (κ1) is 10.0. The van der Waals surface area contributed by atoms with Gasteiger partial charge in [0, 0.05) is 6.07 Å². The molecule has 0 amide bonds. The number of rotatable bonds is 1. The summed E-state index contributed by atoms with van der Waals surface area (Å²) >= 11 is 0. The predicted molar refractivity (Wildman–Crippen MR) is 35.9 cm³/mol. The van der Waals surface area contributed by atoms with Crippen LogP contribution in [0.2, 0.25) is 0 Å². The molecule has 11 heavy (non-hydrogen) atoms.